The van der Waals surface area contributed by atoms with Crippen molar-refractivity contribution in [1.82, 2.24) is 0 Å². The summed E-state index contributed by atoms with van der Waals surface area (Å²) in [5.74, 6) is 2.53. The maximum absolute atomic E-state index is 2.58. The third kappa shape index (κ3) is 3.67. The van der Waals surface area contributed by atoms with Crippen molar-refractivity contribution in [3.8, 4) is 0 Å². The molecule has 1 aliphatic rings. The fourth-order valence-electron chi connectivity index (χ4n) is 5.31. The van der Waals surface area contributed by atoms with Gasteiger partial charge < -0.3 is 0 Å². The van der Waals surface area contributed by atoms with Crippen LogP contribution in [0.15, 0.2) is 0 Å². The minimum Gasteiger partial charge on any atom is -0.0625 e. The van der Waals surface area contributed by atoms with Crippen molar-refractivity contribution in [2.45, 2.75) is 95.4 Å². The molecule has 1 fully saturated rings. The summed E-state index contributed by atoms with van der Waals surface area (Å²) in [6, 6.07) is 0. The highest BCUT2D eigenvalue weighted by atomic mass is 14.7. The van der Waals surface area contributed by atoms with E-state index >= 15 is 0 Å². The lowest BCUT2D eigenvalue weighted by Crippen LogP contribution is -2.63. The topological polar surface area (TPSA) is 0 Å². The molecule has 0 N–H and O–H groups in total. The van der Waals surface area contributed by atoms with Crippen LogP contribution in [0.3, 0.4) is 0 Å². The smallest absolute Gasteiger partial charge is 0.0233 e. The molecule has 0 spiro atoms. The lowest BCUT2D eigenvalue weighted by molar-refractivity contribution is -0.207. The Balaban J connectivity index is 2.87. The van der Waals surface area contributed by atoms with Gasteiger partial charge in [0.05, 0.1) is 0 Å². The minimum absolute atomic E-state index is 0.451. The van der Waals surface area contributed by atoms with Crippen LogP contribution in [0.4, 0.5) is 0 Å². The molecule has 0 aromatic rings. The van der Waals surface area contributed by atoms with Crippen LogP contribution >= 0.6 is 0 Å². The van der Waals surface area contributed by atoms with Gasteiger partial charge in [-0.2, -0.15) is 0 Å². The van der Waals surface area contributed by atoms with Crippen molar-refractivity contribution in [3.05, 3.63) is 0 Å². The highest BCUT2D eigenvalue weighted by molar-refractivity contribution is 5.11. The first-order chi connectivity index (χ1) is 9.14. The first-order valence-electron chi connectivity index (χ1n) is 9.14. The molecule has 0 heteroatoms. The largest absolute Gasteiger partial charge is 0.0625 e. The van der Waals surface area contributed by atoms with Crippen molar-refractivity contribution in [1.29, 1.82) is 0 Å². The zero-order chi connectivity index (χ0) is 16.9. The average molecular weight is 295 g/mol. The van der Waals surface area contributed by atoms with E-state index in [0.717, 1.165) is 17.8 Å². The molecule has 0 aromatic heterocycles. The third-order valence-electron chi connectivity index (χ3n) is 7.00. The van der Waals surface area contributed by atoms with Crippen LogP contribution in [0, 0.1) is 39.4 Å². The normalized spacial score (nSPS) is 33.1. The predicted molar refractivity (Wildman–Crippen MR) is 96.5 cm³/mol. The van der Waals surface area contributed by atoms with E-state index in [-0.39, 0.29) is 0 Å². The summed E-state index contributed by atoms with van der Waals surface area (Å²) >= 11 is 0. The van der Waals surface area contributed by atoms with Gasteiger partial charge in [0, 0.05) is 0 Å². The van der Waals surface area contributed by atoms with Crippen LogP contribution < -0.4 is 0 Å². The molecular weight excluding hydrogens is 252 g/mol. The molecule has 0 saturated heterocycles. The van der Waals surface area contributed by atoms with E-state index in [1.165, 1.54) is 19.3 Å². The van der Waals surface area contributed by atoms with Crippen molar-refractivity contribution in [2.24, 2.45) is 39.4 Å². The Labute approximate surface area is 135 Å². The van der Waals surface area contributed by atoms with Crippen LogP contribution in [0.25, 0.3) is 0 Å². The molecule has 21 heavy (non-hydrogen) atoms. The number of rotatable bonds is 5. The molecule has 0 amide bonds. The van der Waals surface area contributed by atoms with Gasteiger partial charge in [0.1, 0.15) is 0 Å². The maximum Gasteiger partial charge on any atom is -0.0233 e. The second kappa shape index (κ2) is 5.57. The van der Waals surface area contributed by atoms with Crippen LogP contribution in [-0.4, -0.2) is 0 Å². The van der Waals surface area contributed by atoms with Gasteiger partial charge in [-0.3, -0.25) is 0 Å². The lowest BCUT2D eigenvalue weighted by atomic mass is 9.36. The van der Waals surface area contributed by atoms with Gasteiger partial charge in [-0.25, -0.2) is 0 Å². The number of hydrogen-bond acceptors (Lipinski definition) is 0. The van der Waals surface area contributed by atoms with Crippen LogP contribution in [0.1, 0.15) is 95.4 Å². The van der Waals surface area contributed by atoms with Gasteiger partial charge >= 0.3 is 0 Å². The van der Waals surface area contributed by atoms with Crippen molar-refractivity contribution in [3.63, 3.8) is 0 Å². The zero-order valence-electron chi connectivity index (χ0n) is 16.9. The monoisotopic (exact) mass is 294 g/mol. The van der Waals surface area contributed by atoms with Gasteiger partial charge in [-0.15, -0.1) is 0 Å². The Hall–Kier alpha value is 0. The Kier molecular flexibility index (Phi) is 5.05. The van der Waals surface area contributed by atoms with Crippen molar-refractivity contribution >= 4 is 0 Å². The summed E-state index contributed by atoms with van der Waals surface area (Å²) < 4.78 is 0. The molecule has 0 bridgehead atoms. The molecule has 0 heterocycles. The molecule has 1 rings (SSSR count). The van der Waals surface area contributed by atoms with E-state index in [0.29, 0.717) is 21.7 Å². The summed E-state index contributed by atoms with van der Waals surface area (Å²) in [7, 11) is 0. The first kappa shape index (κ1) is 19.0. The molecule has 0 aromatic carbocycles. The minimum atomic E-state index is 0.451. The summed E-state index contributed by atoms with van der Waals surface area (Å²) in [6.45, 7) is 27.1. The Morgan fingerprint density at radius 3 is 1.76 bits per heavy atom. The molecular formula is C21H42. The molecule has 3 atom stereocenters. The molecule has 0 aliphatic heterocycles. The summed E-state index contributed by atoms with van der Waals surface area (Å²) in [5.41, 5.74) is 1.87. The van der Waals surface area contributed by atoms with Gasteiger partial charge in [0.15, 0.2) is 0 Å². The molecule has 126 valence electrons. The van der Waals surface area contributed by atoms with Gasteiger partial charge in [0.25, 0.3) is 0 Å². The molecule has 1 aliphatic carbocycles. The van der Waals surface area contributed by atoms with Crippen molar-refractivity contribution < 1.29 is 0 Å². The Bertz CT molecular complexity index is 353. The summed E-state index contributed by atoms with van der Waals surface area (Å²) in [6.07, 6.45) is 4.05. The fourth-order valence-corrected chi connectivity index (χ4v) is 5.31. The molecule has 1 saturated carbocycles. The quantitative estimate of drug-likeness (QED) is 0.503. The van der Waals surface area contributed by atoms with E-state index in [4.69, 9.17) is 0 Å². The van der Waals surface area contributed by atoms with E-state index in [9.17, 15) is 0 Å². The van der Waals surface area contributed by atoms with E-state index in [1.807, 2.05) is 0 Å². The maximum atomic E-state index is 2.58. The second-order valence-electron chi connectivity index (χ2n) is 11.1. The van der Waals surface area contributed by atoms with E-state index in [1.54, 1.807) is 0 Å². The van der Waals surface area contributed by atoms with Crippen molar-refractivity contribution in [2.75, 3.05) is 0 Å². The van der Waals surface area contributed by atoms with Crippen LogP contribution in [-0.2, 0) is 0 Å². The Morgan fingerprint density at radius 1 is 0.905 bits per heavy atom. The highest BCUT2D eigenvalue weighted by Crippen LogP contribution is 2.69. The molecule has 0 radical (unpaired) electrons. The SMILES string of the molecule is CC(C)C1C(C)C(C)(C)C1(C)CC(C)(C)CCC(C)(C)C. The zero-order valence-corrected chi connectivity index (χ0v) is 16.9. The van der Waals surface area contributed by atoms with E-state index in [2.05, 4.69) is 76.2 Å². The average Bonchev–Trinajstić information content (AvgIpc) is 2.24. The van der Waals surface area contributed by atoms with Gasteiger partial charge in [0.2, 0.25) is 0 Å². The molecule has 3 unspecified atom stereocenters. The first-order valence-corrected chi connectivity index (χ1v) is 9.14. The lowest BCUT2D eigenvalue weighted by Gasteiger charge is -2.69. The predicted octanol–water partition coefficient (Wildman–Crippen LogP) is 7.18. The highest BCUT2D eigenvalue weighted by Gasteiger charge is 2.63. The number of hydrogen-bond donors (Lipinski definition) is 0. The Morgan fingerprint density at radius 2 is 1.38 bits per heavy atom. The molecule has 0 nitrogen and oxygen atoms in total. The summed E-state index contributed by atoms with van der Waals surface area (Å²) in [4.78, 5) is 0. The van der Waals surface area contributed by atoms with Crippen LogP contribution in [0.5, 0.6) is 0 Å². The second-order valence-corrected chi connectivity index (χ2v) is 11.1. The fraction of sp³-hybridized carbons (Fsp3) is 1.00. The standard InChI is InChI=1S/C21H42/c1-15(2)17-16(3)20(9,10)21(17,11)14-19(7,8)13-12-18(4,5)6/h15-17H,12-14H2,1-11H3. The van der Waals surface area contributed by atoms with Gasteiger partial charge in [-0.05, 0) is 58.7 Å². The van der Waals surface area contributed by atoms with E-state index < -0.39 is 0 Å². The van der Waals surface area contributed by atoms with Gasteiger partial charge in [-0.1, -0.05) is 76.2 Å². The summed E-state index contributed by atoms with van der Waals surface area (Å²) in [5, 5.41) is 0. The third-order valence-corrected chi connectivity index (χ3v) is 7.00. The van der Waals surface area contributed by atoms with Crippen LogP contribution in [0.2, 0.25) is 0 Å².